The van der Waals surface area contributed by atoms with Crippen LogP contribution in [0.25, 0.3) is 10.9 Å². The molecule has 8 heteroatoms. The number of anilines is 2. The van der Waals surface area contributed by atoms with Gasteiger partial charge in [-0.2, -0.15) is 0 Å². The van der Waals surface area contributed by atoms with Crippen molar-refractivity contribution in [1.29, 1.82) is 0 Å². The highest BCUT2D eigenvalue weighted by Crippen LogP contribution is 2.35. The number of pyridine rings is 1. The highest BCUT2D eigenvalue weighted by molar-refractivity contribution is 6.31. The maximum Gasteiger partial charge on any atom is 0.228 e. The Hall–Kier alpha value is -3.32. The van der Waals surface area contributed by atoms with Crippen LogP contribution in [0.1, 0.15) is 6.42 Å². The van der Waals surface area contributed by atoms with E-state index in [9.17, 15) is 9.59 Å². The molecule has 0 spiro atoms. The van der Waals surface area contributed by atoms with Crippen LogP contribution in [0.3, 0.4) is 0 Å². The zero-order valence-electron chi connectivity index (χ0n) is 18.4. The third-order valence-electron chi connectivity index (χ3n) is 6.41. The van der Waals surface area contributed by atoms with Gasteiger partial charge in [0.25, 0.3) is 0 Å². The predicted molar refractivity (Wildman–Crippen MR) is 129 cm³/mol. The minimum Gasteiger partial charge on any atom is -0.495 e. The molecular formula is C25H25ClN4O3. The lowest BCUT2D eigenvalue weighted by atomic mass is 10.1. The lowest BCUT2D eigenvalue weighted by Gasteiger charge is -2.36. The van der Waals surface area contributed by atoms with Gasteiger partial charge in [0, 0.05) is 49.6 Å². The van der Waals surface area contributed by atoms with Crippen LogP contribution in [0.15, 0.2) is 54.6 Å². The van der Waals surface area contributed by atoms with Crippen LogP contribution in [0, 0.1) is 5.92 Å². The zero-order chi connectivity index (χ0) is 22.9. The van der Waals surface area contributed by atoms with Crippen molar-refractivity contribution in [2.45, 2.75) is 6.42 Å². The lowest BCUT2D eigenvalue weighted by molar-refractivity contribution is -0.136. The Morgan fingerprint density at radius 3 is 2.64 bits per heavy atom. The largest absolute Gasteiger partial charge is 0.495 e. The lowest BCUT2D eigenvalue weighted by Crippen LogP contribution is -2.51. The van der Waals surface area contributed by atoms with Crippen LogP contribution in [0.2, 0.25) is 5.02 Å². The van der Waals surface area contributed by atoms with Gasteiger partial charge in [0.2, 0.25) is 11.8 Å². The van der Waals surface area contributed by atoms with Gasteiger partial charge in [0.15, 0.2) is 0 Å². The molecule has 1 atom stereocenters. The van der Waals surface area contributed by atoms with Gasteiger partial charge in [-0.25, -0.2) is 4.98 Å². The molecule has 170 valence electrons. The van der Waals surface area contributed by atoms with Crippen LogP contribution in [-0.4, -0.2) is 61.5 Å². The summed E-state index contributed by atoms with van der Waals surface area (Å²) >= 11 is 6.14. The van der Waals surface area contributed by atoms with Gasteiger partial charge in [-0.05, 0) is 36.4 Å². The first kappa shape index (κ1) is 21.5. The minimum atomic E-state index is -0.369. The normalized spacial score (nSPS) is 18.8. The third-order valence-corrected chi connectivity index (χ3v) is 6.64. The van der Waals surface area contributed by atoms with E-state index in [0.717, 1.165) is 16.7 Å². The van der Waals surface area contributed by atoms with Gasteiger partial charge in [-0.15, -0.1) is 0 Å². The van der Waals surface area contributed by atoms with Crippen molar-refractivity contribution < 1.29 is 14.3 Å². The van der Waals surface area contributed by atoms with Crippen molar-refractivity contribution in [2.75, 3.05) is 49.6 Å². The number of halogens is 1. The van der Waals surface area contributed by atoms with Crippen molar-refractivity contribution >= 4 is 45.8 Å². The van der Waals surface area contributed by atoms with E-state index < -0.39 is 0 Å². The van der Waals surface area contributed by atoms with Crippen molar-refractivity contribution in [2.24, 2.45) is 5.92 Å². The highest BCUT2D eigenvalue weighted by Gasteiger charge is 2.39. The first-order valence-electron chi connectivity index (χ1n) is 11.1. The summed E-state index contributed by atoms with van der Waals surface area (Å²) in [5.41, 5.74) is 1.58. The van der Waals surface area contributed by atoms with Crippen LogP contribution in [0.5, 0.6) is 5.75 Å². The van der Waals surface area contributed by atoms with E-state index in [0.29, 0.717) is 49.2 Å². The summed E-state index contributed by atoms with van der Waals surface area (Å²) in [6, 6.07) is 17.3. The number of rotatable bonds is 4. The number of benzene rings is 2. The molecular weight excluding hydrogens is 440 g/mol. The van der Waals surface area contributed by atoms with E-state index in [1.165, 1.54) is 0 Å². The standard InChI is InChI=1S/C25H25ClN4O3/c1-33-22-8-7-19(26)15-21(22)30-16-18(14-24(30)31)25(32)29-12-10-28(11-13-29)23-9-6-17-4-2-3-5-20(17)27-23/h2-9,15,18H,10-14,16H2,1H3. The fraction of sp³-hybridized carbons (Fsp3) is 0.320. The van der Waals surface area contributed by atoms with E-state index >= 15 is 0 Å². The SMILES string of the molecule is COc1ccc(Cl)cc1N1CC(C(=O)N2CCN(c3ccc4ccccc4n3)CC2)CC1=O. The number of amides is 2. The van der Waals surface area contributed by atoms with Gasteiger partial charge >= 0.3 is 0 Å². The first-order chi connectivity index (χ1) is 16.0. The zero-order valence-corrected chi connectivity index (χ0v) is 19.2. The molecule has 0 bridgehead atoms. The molecule has 0 N–H and O–H groups in total. The number of methoxy groups -OCH3 is 1. The topological polar surface area (TPSA) is 66.0 Å². The molecule has 2 fully saturated rings. The van der Waals surface area contributed by atoms with Gasteiger partial charge in [0.05, 0.1) is 24.2 Å². The minimum absolute atomic E-state index is 0.0259. The monoisotopic (exact) mass is 464 g/mol. The molecule has 2 aliphatic rings. The molecule has 0 aliphatic carbocycles. The molecule has 2 saturated heterocycles. The molecule has 2 aliphatic heterocycles. The van der Waals surface area contributed by atoms with E-state index in [1.807, 2.05) is 35.2 Å². The molecule has 2 amide bonds. The molecule has 5 rings (SSSR count). The van der Waals surface area contributed by atoms with E-state index in [1.54, 1.807) is 30.2 Å². The number of carbonyl (C=O) groups excluding carboxylic acids is 2. The first-order valence-corrected chi connectivity index (χ1v) is 11.4. The Labute approximate surface area is 197 Å². The smallest absolute Gasteiger partial charge is 0.228 e. The quantitative estimate of drug-likeness (QED) is 0.590. The van der Waals surface area contributed by atoms with Gasteiger partial charge in [-0.1, -0.05) is 29.8 Å². The number of nitrogens with zero attached hydrogens (tertiary/aromatic N) is 4. The van der Waals surface area contributed by atoms with Gasteiger partial charge < -0.3 is 19.4 Å². The summed E-state index contributed by atoms with van der Waals surface area (Å²) in [7, 11) is 1.56. The summed E-state index contributed by atoms with van der Waals surface area (Å²) in [6.45, 7) is 2.98. The predicted octanol–water partition coefficient (Wildman–Crippen LogP) is 3.60. The van der Waals surface area contributed by atoms with Gasteiger partial charge in [-0.3, -0.25) is 9.59 Å². The summed E-state index contributed by atoms with van der Waals surface area (Å²) in [6.07, 6.45) is 0.195. The number of fused-ring (bicyclic) bond motifs is 1. The number of para-hydroxylation sites is 1. The molecule has 1 aromatic heterocycles. The van der Waals surface area contributed by atoms with E-state index in [2.05, 4.69) is 11.0 Å². The average molecular weight is 465 g/mol. The van der Waals surface area contributed by atoms with Crippen molar-refractivity contribution in [3.05, 3.63) is 59.6 Å². The molecule has 0 radical (unpaired) electrons. The van der Waals surface area contributed by atoms with E-state index in [4.69, 9.17) is 21.3 Å². The fourth-order valence-corrected chi connectivity index (χ4v) is 4.79. The second-order valence-electron chi connectivity index (χ2n) is 8.40. The second-order valence-corrected chi connectivity index (χ2v) is 8.83. The number of ether oxygens (including phenoxy) is 1. The van der Waals surface area contributed by atoms with E-state index in [-0.39, 0.29) is 24.2 Å². The number of hydrogen-bond donors (Lipinski definition) is 0. The van der Waals surface area contributed by atoms with Crippen LogP contribution in [-0.2, 0) is 9.59 Å². The van der Waals surface area contributed by atoms with Crippen molar-refractivity contribution in [3.8, 4) is 5.75 Å². The Bertz CT molecular complexity index is 1210. The number of aromatic nitrogens is 1. The maximum atomic E-state index is 13.2. The molecule has 2 aromatic carbocycles. The summed E-state index contributed by atoms with van der Waals surface area (Å²) < 4.78 is 5.39. The van der Waals surface area contributed by atoms with Crippen LogP contribution < -0.4 is 14.5 Å². The highest BCUT2D eigenvalue weighted by atomic mass is 35.5. The Balaban J connectivity index is 1.24. The molecule has 0 saturated carbocycles. The fourth-order valence-electron chi connectivity index (χ4n) is 4.63. The van der Waals surface area contributed by atoms with Crippen LogP contribution >= 0.6 is 11.6 Å². The third kappa shape index (κ3) is 4.20. The second kappa shape index (κ2) is 8.90. The Kier molecular flexibility index (Phi) is 5.81. The molecule has 7 nitrogen and oxygen atoms in total. The number of piperazine rings is 1. The van der Waals surface area contributed by atoms with Gasteiger partial charge in [0.1, 0.15) is 11.6 Å². The summed E-state index contributed by atoms with van der Waals surface area (Å²) in [4.78, 5) is 36.4. The molecule has 1 unspecified atom stereocenters. The van der Waals surface area contributed by atoms with Crippen molar-refractivity contribution in [3.63, 3.8) is 0 Å². The Morgan fingerprint density at radius 1 is 1.06 bits per heavy atom. The molecule has 3 aromatic rings. The Morgan fingerprint density at radius 2 is 1.85 bits per heavy atom. The maximum absolute atomic E-state index is 13.2. The average Bonchev–Trinajstić information content (AvgIpc) is 3.24. The number of carbonyl (C=O) groups is 2. The molecule has 3 heterocycles. The van der Waals surface area contributed by atoms with Crippen LogP contribution in [0.4, 0.5) is 11.5 Å². The summed E-state index contributed by atoms with van der Waals surface area (Å²) in [5.74, 6) is 1.06. The number of hydrogen-bond acceptors (Lipinski definition) is 5. The summed E-state index contributed by atoms with van der Waals surface area (Å²) in [5, 5.41) is 1.63. The van der Waals surface area contributed by atoms with Crippen molar-refractivity contribution in [1.82, 2.24) is 9.88 Å². The molecule has 33 heavy (non-hydrogen) atoms.